The maximum absolute atomic E-state index is 13.0. The molecule has 8 heteroatoms. The van der Waals surface area contributed by atoms with Gasteiger partial charge in [-0.25, -0.2) is 0 Å². The molecule has 0 bridgehead atoms. The number of amides is 1. The van der Waals surface area contributed by atoms with E-state index in [0.717, 1.165) is 70.6 Å². The lowest BCUT2D eigenvalue weighted by Crippen LogP contribution is -2.48. The number of piperidine rings is 1. The van der Waals surface area contributed by atoms with Crippen LogP contribution in [0.15, 0.2) is 53.4 Å². The molecule has 0 saturated carbocycles. The number of hydrogen-bond acceptors (Lipinski definition) is 4. The van der Waals surface area contributed by atoms with Crippen LogP contribution in [-0.2, 0) is 16.6 Å². The number of benzene rings is 2. The van der Waals surface area contributed by atoms with Crippen LogP contribution in [0.1, 0.15) is 58.6 Å². The number of rotatable bonds is 7. The third-order valence-electron chi connectivity index (χ3n) is 7.67. The highest BCUT2D eigenvalue weighted by atomic mass is 32.2. The van der Waals surface area contributed by atoms with Gasteiger partial charge in [0.2, 0.25) is 5.91 Å². The molecule has 0 aromatic heterocycles. The van der Waals surface area contributed by atoms with E-state index in [1.54, 1.807) is 24.3 Å². The van der Waals surface area contributed by atoms with Crippen molar-refractivity contribution >= 4 is 23.4 Å². The molecule has 1 amide bonds. The van der Waals surface area contributed by atoms with Crippen molar-refractivity contribution in [1.82, 2.24) is 9.80 Å². The maximum Gasteiger partial charge on any atom is 0.446 e. The predicted molar refractivity (Wildman–Crippen MR) is 157 cm³/mol. The predicted octanol–water partition coefficient (Wildman–Crippen LogP) is 7.23. The zero-order valence-electron chi connectivity index (χ0n) is 22.8. The molecule has 4 nitrogen and oxygen atoms in total. The number of halogens is 3. The number of piperazine rings is 1. The average molecular weight is 564 g/mol. The van der Waals surface area contributed by atoms with E-state index in [1.807, 2.05) is 4.90 Å². The van der Waals surface area contributed by atoms with Gasteiger partial charge in [0.1, 0.15) is 0 Å². The first-order chi connectivity index (χ1) is 18.0. The molecule has 2 aromatic carbocycles. The lowest BCUT2D eigenvalue weighted by Gasteiger charge is -2.37. The topological polar surface area (TPSA) is 26.8 Å². The molecular weight excluding hydrogens is 519 g/mol. The van der Waals surface area contributed by atoms with Crippen LogP contribution in [0, 0.1) is 5.92 Å². The number of alkyl halides is 3. The Hall–Kier alpha value is -2.19. The van der Waals surface area contributed by atoms with Crippen LogP contribution in [0.5, 0.6) is 0 Å². The third-order valence-corrected chi connectivity index (χ3v) is 8.40. The van der Waals surface area contributed by atoms with Gasteiger partial charge in [-0.1, -0.05) is 52.5 Å². The summed E-state index contributed by atoms with van der Waals surface area (Å²) in [6.07, 6.45) is 3.35. The van der Waals surface area contributed by atoms with Crippen LogP contribution in [0.3, 0.4) is 0 Å². The van der Waals surface area contributed by atoms with Crippen molar-refractivity contribution in [1.29, 1.82) is 0 Å². The zero-order valence-corrected chi connectivity index (χ0v) is 23.6. The van der Waals surface area contributed by atoms with Gasteiger partial charge in [-0.3, -0.25) is 9.69 Å². The lowest BCUT2D eigenvalue weighted by atomic mass is 9.87. The summed E-state index contributed by atoms with van der Waals surface area (Å²) in [5.41, 5.74) is -0.472. The standard InChI is InChI=1S/C30H40F3N3OS.CH4/c1-29(2,3)25-8-10-26(11-9-25)35-19-17-34(18-20-35)16-14-28(37)36-15-4-5-24(22-36)21-23-6-12-27(13-7-23)38-30(31,32)33;/h6-13,24H,4-5,14-22H2,1-3H3;1H4/t24-;/m1./s1. The molecule has 39 heavy (non-hydrogen) atoms. The van der Waals surface area contributed by atoms with E-state index in [0.29, 0.717) is 12.3 Å². The number of carbonyl (C=O) groups excluding carboxylic acids is 1. The average Bonchev–Trinajstić information content (AvgIpc) is 2.88. The fraction of sp³-hybridized carbons (Fsp3) is 0.581. The number of likely N-dealkylation sites (tertiary alicyclic amines) is 1. The second-order valence-electron chi connectivity index (χ2n) is 11.6. The highest BCUT2D eigenvalue weighted by Crippen LogP contribution is 2.37. The van der Waals surface area contributed by atoms with Gasteiger partial charge >= 0.3 is 5.51 Å². The summed E-state index contributed by atoms with van der Waals surface area (Å²) in [5, 5.41) is 0. The summed E-state index contributed by atoms with van der Waals surface area (Å²) in [6.45, 7) is 12.9. The van der Waals surface area contributed by atoms with Crippen molar-refractivity contribution in [2.45, 2.75) is 69.7 Å². The van der Waals surface area contributed by atoms with Crippen LogP contribution >= 0.6 is 11.8 Å². The summed E-state index contributed by atoms with van der Waals surface area (Å²) in [5.74, 6) is 0.564. The number of hydrogen-bond donors (Lipinski definition) is 0. The Kier molecular flexibility index (Phi) is 10.8. The molecule has 0 radical (unpaired) electrons. The molecule has 2 heterocycles. The lowest BCUT2D eigenvalue weighted by molar-refractivity contribution is -0.133. The molecule has 1 atom stereocenters. The van der Waals surface area contributed by atoms with Gasteiger partial charge in [0.25, 0.3) is 0 Å². The van der Waals surface area contributed by atoms with E-state index in [-0.39, 0.29) is 35.4 Å². The molecular formula is C31H44F3N3OS. The monoisotopic (exact) mass is 563 g/mol. The van der Waals surface area contributed by atoms with Crippen LogP contribution in [0.2, 0.25) is 0 Å². The van der Waals surface area contributed by atoms with Crippen LogP contribution in [0.4, 0.5) is 18.9 Å². The molecule has 2 aromatic rings. The maximum atomic E-state index is 13.0. The van der Waals surface area contributed by atoms with Crippen LogP contribution in [0.25, 0.3) is 0 Å². The highest BCUT2D eigenvalue weighted by molar-refractivity contribution is 8.00. The van der Waals surface area contributed by atoms with E-state index < -0.39 is 5.51 Å². The summed E-state index contributed by atoms with van der Waals surface area (Å²) in [6, 6.07) is 15.6. The van der Waals surface area contributed by atoms with Gasteiger partial charge < -0.3 is 9.80 Å². The SMILES string of the molecule is C.CC(C)(C)c1ccc(N2CCN(CCC(=O)N3CCC[C@H](Cc4ccc(SC(F)(F)F)cc4)C3)CC2)cc1. The van der Waals surface area contributed by atoms with Gasteiger partial charge in [-0.2, -0.15) is 13.2 Å². The minimum absolute atomic E-state index is 0. The van der Waals surface area contributed by atoms with Crippen molar-refractivity contribution in [3.05, 3.63) is 59.7 Å². The molecule has 4 rings (SSSR count). The van der Waals surface area contributed by atoms with Gasteiger partial charge in [-0.05, 0) is 77.7 Å². The number of carbonyl (C=O) groups is 1. The Morgan fingerprint density at radius 2 is 1.56 bits per heavy atom. The van der Waals surface area contributed by atoms with Gasteiger partial charge in [0.15, 0.2) is 0 Å². The molecule has 2 aliphatic rings. The smallest absolute Gasteiger partial charge is 0.369 e. The summed E-state index contributed by atoms with van der Waals surface area (Å²) in [4.78, 5) is 20.0. The first kappa shape index (κ1) is 31.3. The molecule has 2 fully saturated rings. The third kappa shape index (κ3) is 9.45. The largest absolute Gasteiger partial charge is 0.446 e. The van der Waals surface area contributed by atoms with Crippen molar-refractivity contribution in [2.75, 3.05) is 50.7 Å². The van der Waals surface area contributed by atoms with E-state index in [9.17, 15) is 18.0 Å². The number of anilines is 1. The zero-order chi connectivity index (χ0) is 27.3. The van der Waals surface area contributed by atoms with Crippen LogP contribution in [-0.4, -0.2) is 67.0 Å². The van der Waals surface area contributed by atoms with E-state index in [2.05, 4.69) is 54.8 Å². The summed E-state index contributed by atoms with van der Waals surface area (Å²) >= 11 is -0.0826. The normalized spacial score (nSPS) is 19.1. The Morgan fingerprint density at radius 3 is 2.15 bits per heavy atom. The molecule has 0 N–H and O–H groups in total. The van der Waals surface area contributed by atoms with E-state index >= 15 is 0 Å². The van der Waals surface area contributed by atoms with Crippen molar-refractivity contribution in [3.8, 4) is 0 Å². The van der Waals surface area contributed by atoms with Gasteiger partial charge in [0, 0.05) is 62.8 Å². The Morgan fingerprint density at radius 1 is 0.923 bits per heavy atom. The van der Waals surface area contributed by atoms with Gasteiger partial charge in [-0.15, -0.1) is 0 Å². The molecule has 2 aliphatic heterocycles. The fourth-order valence-electron chi connectivity index (χ4n) is 5.43. The quantitative estimate of drug-likeness (QED) is 0.332. The Labute approximate surface area is 236 Å². The van der Waals surface area contributed by atoms with Crippen molar-refractivity contribution < 1.29 is 18.0 Å². The molecule has 0 aliphatic carbocycles. The van der Waals surface area contributed by atoms with Gasteiger partial charge in [0.05, 0.1) is 0 Å². The van der Waals surface area contributed by atoms with Crippen LogP contribution < -0.4 is 4.90 Å². The molecule has 0 spiro atoms. The second kappa shape index (κ2) is 13.4. The van der Waals surface area contributed by atoms with Crippen molar-refractivity contribution in [2.24, 2.45) is 5.92 Å². The first-order valence-corrected chi connectivity index (χ1v) is 14.5. The Bertz CT molecular complexity index is 1040. The summed E-state index contributed by atoms with van der Waals surface area (Å²) in [7, 11) is 0. The first-order valence-electron chi connectivity index (χ1n) is 13.7. The minimum atomic E-state index is -4.27. The Balaban J connectivity index is 0.00000420. The van der Waals surface area contributed by atoms with Crippen molar-refractivity contribution in [3.63, 3.8) is 0 Å². The molecule has 216 valence electrons. The molecule has 2 saturated heterocycles. The minimum Gasteiger partial charge on any atom is -0.369 e. The fourth-order valence-corrected chi connectivity index (χ4v) is 5.97. The number of thioether (sulfide) groups is 1. The number of nitrogens with zero attached hydrogens (tertiary/aromatic N) is 3. The summed E-state index contributed by atoms with van der Waals surface area (Å²) < 4.78 is 37.7. The second-order valence-corrected chi connectivity index (χ2v) is 12.8. The van der Waals surface area contributed by atoms with E-state index in [1.165, 1.54) is 11.3 Å². The van der Waals surface area contributed by atoms with E-state index in [4.69, 9.17) is 0 Å². The molecule has 0 unspecified atom stereocenters. The highest BCUT2D eigenvalue weighted by Gasteiger charge is 2.29.